The molecule has 3 aromatic rings. The Balaban J connectivity index is 1.43. The van der Waals surface area contributed by atoms with Crippen molar-refractivity contribution in [3.05, 3.63) is 60.5 Å². The number of ether oxygens (including phenoxy) is 2. The third kappa shape index (κ3) is 4.60. The summed E-state index contributed by atoms with van der Waals surface area (Å²) in [5.41, 5.74) is 0.862. The first-order valence-corrected chi connectivity index (χ1v) is 8.16. The molecule has 134 valence electrons. The monoisotopic (exact) mass is 353 g/mol. The summed E-state index contributed by atoms with van der Waals surface area (Å²) in [6.45, 7) is 0.282. The summed E-state index contributed by atoms with van der Waals surface area (Å²) in [7, 11) is 1.55. The van der Waals surface area contributed by atoms with E-state index in [9.17, 15) is 4.79 Å². The summed E-state index contributed by atoms with van der Waals surface area (Å²) in [5, 5.41) is 10.8. The van der Waals surface area contributed by atoms with Crippen LogP contribution in [0.25, 0.3) is 11.5 Å². The van der Waals surface area contributed by atoms with Crippen molar-refractivity contribution in [1.29, 1.82) is 0 Å². The Morgan fingerprint density at radius 2 is 1.77 bits per heavy atom. The van der Waals surface area contributed by atoms with E-state index in [1.165, 1.54) is 0 Å². The molecule has 0 aliphatic rings. The summed E-state index contributed by atoms with van der Waals surface area (Å²) in [4.78, 5) is 11.9. The Morgan fingerprint density at radius 3 is 2.54 bits per heavy atom. The molecule has 0 atom stereocenters. The first-order chi connectivity index (χ1) is 12.8. The minimum atomic E-state index is -0.237. The van der Waals surface area contributed by atoms with Crippen molar-refractivity contribution in [2.24, 2.45) is 0 Å². The first kappa shape index (κ1) is 17.5. The van der Waals surface area contributed by atoms with Crippen LogP contribution >= 0.6 is 0 Å². The molecule has 1 heterocycles. The Bertz CT molecular complexity index is 849. The number of nitrogens with one attached hydrogen (secondary N) is 1. The summed E-state index contributed by atoms with van der Waals surface area (Å²) in [6, 6.07) is 16.7. The van der Waals surface area contributed by atoms with Crippen molar-refractivity contribution in [2.45, 2.75) is 6.42 Å². The van der Waals surface area contributed by atoms with Crippen LogP contribution in [-0.2, 0) is 11.2 Å². The van der Waals surface area contributed by atoms with Crippen LogP contribution in [0, 0.1) is 0 Å². The van der Waals surface area contributed by atoms with Crippen molar-refractivity contribution in [2.75, 3.05) is 20.3 Å². The van der Waals surface area contributed by atoms with Gasteiger partial charge in [0.1, 0.15) is 0 Å². The Morgan fingerprint density at radius 1 is 1.04 bits per heavy atom. The largest absolute Gasteiger partial charge is 0.493 e. The average Bonchev–Trinajstić information content (AvgIpc) is 3.16. The predicted molar refractivity (Wildman–Crippen MR) is 94.9 cm³/mol. The normalized spacial score (nSPS) is 10.3. The molecule has 0 aliphatic carbocycles. The lowest BCUT2D eigenvalue weighted by Gasteiger charge is -2.10. The van der Waals surface area contributed by atoms with Crippen molar-refractivity contribution < 1.29 is 18.7 Å². The summed E-state index contributed by atoms with van der Waals surface area (Å²) in [5.74, 6) is 1.80. The van der Waals surface area contributed by atoms with Gasteiger partial charge in [0.05, 0.1) is 7.11 Å². The molecule has 26 heavy (non-hydrogen) atoms. The van der Waals surface area contributed by atoms with Crippen LogP contribution < -0.4 is 14.8 Å². The number of nitrogens with zero attached hydrogens (tertiary/aromatic N) is 2. The van der Waals surface area contributed by atoms with Gasteiger partial charge in [-0.15, -0.1) is 10.2 Å². The first-order valence-electron chi connectivity index (χ1n) is 8.16. The van der Waals surface area contributed by atoms with Gasteiger partial charge >= 0.3 is 0 Å². The molecule has 0 saturated heterocycles. The molecule has 2 aromatic carbocycles. The molecule has 0 unspecified atom stereocenters. The SMILES string of the molecule is COc1ccccc1OCC(=O)NCCc1nnc(-c2ccccc2)o1. The van der Waals surface area contributed by atoms with E-state index in [0.717, 1.165) is 5.56 Å². The van der Waals surface area contributed by atoms with Gasteiger partial charge in [0, 0.05) is 18.5 Å². The van der Waals surface area contributed by atoms with Crippen LogP contribution in [0.3, 0.4) is 0 Å². The zero-order valence-electron chi connectivity index (χ0n) is 14.3. The maximum Gasteiger partial charge on any atom is 0.257 e. The molecule has 7 nitrogen and oxygen atoms in total. The molecule has 0 spiro atoms. The number of carbonyl (C=O) groups is 1. The number of hydrogen-bond donors (Lipinski definition) is 1. The standard InChI is InChI=1S/C19H19N3O4/c1-24-15-9-5-6-10-16(15)25-13-17(23)20-12-11-18-21-22-19(26-18)14-7-3-2-4-8-14/h2-10H,11-13H2,1H3,(H,20,23). The highest BCUT2D eigenvalue weighted by Crippen LogP contribution is 2.25. The zero-order chi connectivity index (χ0) is 18.2. The lowest BCUT2D eigenvalue weighted by molar-refractivity contribution is -0.123. The van der Waals surface area contributed by atoms with Gasteiger partial charge in [0.25, 0.3) is 5.91 Å². The van der Waals surface area contributed by atoms with Gasteiger partial charge < -0.3 is 19.2 Å². The molecule has 7 heteroatoms. The maximum atomic E-state index is 11.9. The molecule has 0 fully saturated rings. The van der Waals surface area contributed by atoms with Gasteiger partial charge in [-0.25, -0.2) is 0 Å². The molecule has 0 bridgehead atoms. The lowest BCUT2D eigenvalue weighted by Crippen LogP contribution is -2.30. The summed E-state index contributed by atoms with van der Waals surface area (Å²) >= 11 is 0. The van der Waals surface area contributed by atoms with Crippen molar-refractivity contribution >= 4 is 5.91 Å². The van der Waals surface area contributed by atoms with E-state index < -0.39 is 0 Å². The van der Waals surface area contributed by atoms with Crippen LogP contribution in [0.2, 0.25) is 0 Å². The van der Waals surface area contributed by atoms with Gasteiger partial charge in [-0.2, -0.15) is 0 Å². The quantitative estimate of drug-likeness (QED) is 0.669. The van der Waals surface area contributed by atoms with E-state index in [1.807, 2.05) is 42.5 Å². The van der Waals surface area contributed by atoms with Crippen molar-refractivity contribution in [3.63, 3.8) is 0 Å². The number of rotatable bonds is 8. The van der Waals surface area contributed by atoms with Gasteiger partial charge in [0.2, 0.25) is 11.8 Å². The minimum absolute atomic E-state index is 0.0977. The van der Waals surface area contributed by atoms with E-state index in [1.54, 1.807) is 19.2 Å². The van der Waals surface area contributed by atoms with E-state index in [-0.39, 0.29) is 12.5 Å². The number of methoxy groups -OCH3 is 1. The third-order valence-corrected chi connectivity index (χ3v) is 3.58. The number of carbonyl (C=O) groups excluding carboxylic acids is 1. The molecule has 1 aromatic heterocycles. The third-order valence-electron chi connectivity index (χ3n) is 3.58. The van der Waals surface area contributed by atoms with E-state index in [2.05, 4.69) is 15.5 Å². The summed E-state index contributed by atoms with van der Waals surface area (Å²) < 4.78 is 16.2. The highest BCUT2D eigenvalue weighted by Gasteiger charge is 2.10. The molecule has 0 radical (unpaired) electrons. The topological polar surface area (TPSA) is 86.5 Å². The molecule has 0 aliphatic heterocycles. The smallest absolute Gasteiger partial charge is 0.257 e. The van der Waals surface area contributed by atoms with Gasteiger partial charge in [-0.1, -0.05) is 30.3 Å². The van der Waals surface area contributed by atoms with Gasteiger partial charge in [-0.05, 0) is 24.3 Å². The zero-order valence-corrected chi connectivity index (χ0v) is 14.3. The Kier molecular flexibility index (Phi) is 5.82. The van der Waals surface area contributed by atoms with Crippen molar-refractivity contribution in [1.82, 2.24) is 15.5 Å². The van der Waals surface area contributed by atoms with Crippen LogP contribution in [0.5, 0.6) is 11.5 Å². The van der Waals surface area contributed by atoms with Gasteiger partial charge in [-0.3, -0.25) is 4.79 Å². The van der Waals surface area contributed by atoms with Gasteiger partial charge in [0.15, 0.2) is 18.1 Å². The molecule has 1 N–H and O–H groups in total. The lowest BCUT2D eigenvalue weighted by atomic mass is 10.2. The number of amides is 1. The van der Waals surface area contributed by atoms with E-state index >= 15 is 0 Å². The fraction of sp³-hybridized carbons (Fsp3) is 0.211. The molecule has 0 saturated carbocycles. The molecule has 3 rings (SSSR count). The second-order valence-corrected chi connectivity index (χ2v) is 5.41. The second-order valence-electron chi connectivity index (χ2n) is 5.41. The molecular formula is C19H19N3O4. The van der Waals surface area contributed by atoms with Crippen LogP contribution in [-0.4, -0.2) is 36.4 Å². The fourth-order valence-electron chi connectivity index (χ4n) is 2.29. The number of para-hydroxylation sites is 2. The number of aromatic nitrogens is 2. The molecular weight excluding hydrogens is 334 g/mol. The van der Waals surface area contributed by atoms with Crippen LogP contribution in [0.1, 0.15) is 5.89 Å². The Hall–Kier alpha value is -3.35. The van der Waals surface area contributed by atoms with Crippen molar-refractivity contribution in [3.8, 4) is 23.0 Å². The second kappa shape index (κ2) is 8.66. The molecule has 1 amide bonds. The fourth-order valence-corrected chi connectivity index (χ4v) is 2.29. The highest BCUT2D eigenvalue weighted by atomic mass is 16.5. The number of benzene rings is 2. The van der Waals surface area contributed by atoms with Crippen LogP contribution in [0.15, 0.2) is 59.0 Å². The van der Waals surface area contributed by atoms with E-state index in [0.29, 0.717) is 36.2 Å². The summed E-state index contributed by atoms with van der Waals surface area (Å²) in [6.07, 6.45) is 0.445. The minimum Gasteiger partial charge on any atom is -0.493 e. The maximum absolute atomic E-state index is 11.9. The van der Waals surface area contributed by atoms with E-state index in [4.69, 9.17) is 13.9 Å². The Labute approximate surface area is 151 Å². The number of hydrogen-bond acceptors (Lipinski definition) is 6. The average molecular weight is 353 g/mol. The van der Waals surface area contributed by atoms with Crippen LogP contribution in [0.4, 0.5) is 0 Å². The highest BCUT2D eigenvalue weighted by molar-refractivity contribution is 5.77. The predicted octanol–water partition coefficient (Wildman–Crippen LogP) is 2.48.